The number of nitrogens with two attached hydrogens (primary N) is 5. The van der Waals surface area contributed by atoms with Gasteiger partial charge in [0.05, 0.1) is 35.0 Å². The van der Waals surface area contributed by atoms with Crippen molar-refractivity contribution in [3.63, 3.8) is 0 Å². The number of aromatic nitrogens is 2. The number of benzene rings is 2. The highest BCUT2D eigenvalue weighted by molar-refractivity contribution is 7.99. The van der Waals surface area contributed by atoms with Gasteiger partial charge in [-0.25, -0.2) is 18.7 Å². The standard InChI is InChI=1S/C29H36F2N12O3S2/c30-16-4-5-23(47-9-7-37-28(33)34)18(11-16)42-26(45)21-14-22(40-15-39-21)27(46)43-20-13-17(31)12-19(41-24(44)3-1-2-6-32)25(20)48-10-8-38-29(35)36/h4-5,11-15H,1-3,6-10,32H2,(H,41,44)(H,42,45)(H,43,46)(H4,33,34,37)(H4,35,36,38). The van der Waals surface area contributed by atoms with Gasteiger partial charge in [-0.1, -0.05) is 0 Å². The fourth-order valence-corrected chi connectivity index (χ4v) is 5.68. The molecule has 2 aromatic carbocycles. The van der Waals surface area contributed by atoms with Crippen molar-refractivity contribution >= 4 is 70.2 Å². The molecule has 0 spiro atoms. The van der Waals surface area contributed by atoms with Crippen LogP contribution in [0.1, 0.15) is 40.2 Å². The summed E-state index contributed by atoms with van der Waals surface area (Å²) in [6.07, 6.45) is 2.34. The van der Waals surface area contributed by atoms with Gasteiger partial charge < -0.3 is 44.6 Å². The number of nitrogens with zero attached hydrogens (tertiary/aromatic N) is 4. The predicted octanol–water partition coefficient (Wildman–Crippen LogP) is 2.06. The van der Waals surface area contributed by atoms with Crippen LogP contribution in [-0.4, -0.2) is 70.7 Å². The number of carbonyl (C=O) groups is 3. The number of anilines is 3. The quantitative estimate of drug-likeness (QED) is 0.0435. The van der Waals surface area contributed by atoms with Crippen LogP contribution in [0.15, 0.2) is 62.5 Å². The van der Waals surface area contributed by atoms with Crippen LogP contribution in [-0.2, 0) is 4.79 Å². The van der Waals surface area contributed by atoms with Gasteiger partial charge in [-0.15, -0.1) is 23.5 Å². The first-order valence-electron chi connectivity index (χ1n) is 14.4. The maximum Gasteiger partial charge on any atom is 0.274 e. The average molecular weight is 703 g/mol. The summed E-state index contributed by atoms with van der Waals surface area (Å²) in [5.74, 6) is -2.66. The molecule has 256 valence electrons. The Hall–Kier alpha value is -5.01. The molecule has 0 atom stereocenters. The fraction of sp³-hybridized carbons (Fsp3) is 0.276. The smallest absolute Gasteiger partial charge is 0.274 e. The van der Waals surface area contributed by atoms with Crippen LogP contribution in [0, 0.1) is 11.6 Å². The van der Waals surface area contributed by atoms with E-state index in [0.29, 0.717) is 47.2 Å². The lowest BCUT2D eigenvalue weighted by Crippen LogP contribution is -2.23. The largest absolute Gasteiger partial charge is 0.370 e. The van der Waals surface area contributed by atoms with E-state index in [4.69, 9.17) is 28.7 Å². The van der Waals surface area contributed by atoms with E-state index in [1.165, 1.54) is 35.7 Å². The summed E-state index contributed by atoms with van der Waals surface area (Å²) in [7, 11) is 0. The average Bonchev–Trinajstić information content (AvgIpc) is 3.03. The molecule has 48 heavy (non-hydrogen) atoms. The second kappa shape index (κ2) is 19.0. The van der Waals surface area contributed by atoms with Crippen LogP contribution in [0.5, 0.6) is 0 Å². The van der Waals surface area contributed by atoms with Gasteiger partial charge in [0.25, 0.3) is 11.8 Å². The van der Waals surface area contributed by atoms with Crippen molar-refractivity contribution in [1.82, 2.24) is 9.97 Å². The number of hydrogen-bond donors (Lipinski definition) is 8. The van der Waals surface area contributed by atoms with Crippen LogP contribution in [0.25, 0.3) is 0 Å². The van der Waals surface area contributed by atoms with Crippen LogP contribution in [0.4, 0.5) is 25.8 Å². The Morgan fingerprint density at radius 2 is 1.29 bits per heavy atom. The molecule has 0 aliphatic heterocycles. The molecule has 13 N–H and O–H groups in total. The zero-order valence-corrected chi connectivity index (χ0v) is 27.3. The Bertz CT molecular complexity index is 1670. The molecule has 3 rings (SSSR count). The third-order valence-corrected chi connectivity index (χ3v) is 8.20. The SMILES string of the molecule is NCCCCC(=O)Nc1cc(F)cc(NC(=O)c2cc(C(=O)Nc3cc(F)ccc3SCCN=C(N)N)ncn2)c1SCCN=C(N)N. The summed E-state index contributed by atoms with van der Waals surface area (Å²) in [4.78, 5) is 55.6. The van der Waals surface area contributed by atoms with Gasteiger partial charge >= 0.3 is 0 Å². The summed E-state index contributed by atoms with van der Waals surface area (Å²) in [5.41, 5.74) is 26.9. The predicted molar refractivity (Wildman–Crippen MR) is 185 cm³/mol. The molecule has 1 aromatic heterocycles. The molecule has 0 radical (unpaired) electrons. The molecule has 0 aliphatic rings. The van der Waals surface area contributed by atoms with E-state index in [-0.39, 0.29) is 59.2 Å². The molecule has 19 heteroatoms. The van der Waals surface area contributed by atoms with E-state index in [2.05, 4.69) is 35.9 Å². The molecule has 0 aliphatic carbocycles. The molecule has 0 saturated heterocycles. The minimum Gasteiger partial charge on any atom is -0.370 e. The third kappa shape index (κ3) is 12.3. The second-order valence-electron chi connectivity index (χ2n) is 9.77. The lowest BCUT2D eigenvalue weighted by molar-refractivity contribution is -0.116. The number of guanidine groups is 2. The lowest BCUT2D eigenvalue weighted by atomic mass is 10.2. The van der Waals surface area contributed by atoms with Crippen LogP contribution < -0.4 is 44.6 Å². The van der Waals surface area contributed by atoms with Gasteiger partial charge in [-0.3, -0.25) is 24.4 Å². The highest BCUT2D eigenvalue weighted by Gasteiger charge is 2.20. The number of thioether (sulfide) groups is 2. The van der Waals surface area contributed by atoms with E-state index in [1.807, 2.05) is 0 Å². The maximum atomic E-state index is 14.8. The number of unbranched alkanes of at least 4 members (excludes halogenated alkanes) is 1. The van der Waals surface area contributed by atoms with Gasteiger partial charge in [0, 0.05) is 28.9 Å². The van der Waals surface area contributed by atoms with E-state index >= 15 is 0 Å². The number of rotatable bonds is 17. The van der Waals surface area contributed by atoms with Gasteiger partial charge in [-0.2, -0.15) is 0 Å². The number of halogens is 2. The zero-order chi connectivity index (χ0) is 35.1. The Morgan fingerprint density at radius 3 is 1.90 bits per heavy atom. The first-order chi connectivity index (χ1) is 23.0. The Labute approximate surface area is 283 Å². The Kier molecular flexibility index (Phi) is 14.8. The fourth-order valence-electron chi connectivity index (χ4n) is 3.93. The monoisotopic (exact) mass is 702 g/mol. The molecule has 0 bridgehead atoms. The molecule has 0 saturated carbocycles. The van der Waals surface area contributed by atoms with Crippen LogP contribution in [0.2, 0.25) is 0 Å². The molecule has 3 aromatic rings. The van der Waals surface area contributed by atoms with E-state index in [0.717, 1.165) is 30.6 Å². The van der Waals surface area contributed by atoms with E-state index in [1.54, 1.807) is 0 Å². The Balaban J connectivity index is 1.83. The van der Waals surface area contributed by atoms with Crippen molar-refractivity contribution in [3.8, 4) is 0 Å². The first-order valence-corrected chi connectivity index (χ1v) is 16.4. The number of amides is 3. The van der Waals surface area contributed by atoms with Crippen molar-refractivity contribution < 1.29 is 23.2 Å². The molecule has 0 unspecified atom stereocenters. The van der Waals surface area contributed by atoms with Gasteiger partial charge in [0.1, 0.15) is 29.3 Å². The van der Waals surface area contributed by atoms with Crippen molar-refractivity contribution in [2.24, 2.45) is 38.7 Å². The lowest BCUT2D eigenvalue weighted by Gasteiger charge is -2.16. The molecular formula is C29H36F2N12O3S2. The van der Waals surface area contributed by atoms with Gasteiger partial charge in [0.15, 0.2) is 11.9 Å². The summed E-state index contributed by atoms with van der Waals surface area (Å²) in [6.45, 7) is 0.925. The van der Waals surface area contributed by atoms with Crippen molar-refractivity contribution in [3.05, 3.63) is 65.7 Å². The minimum atomic E-state index is -0.801. The highest BCUT2D eigenvalue weighted by Crippen LogP contribution is 2.36. The molecule has 3 amide bonds. The summed E-state index contributed by atoms with van der Waals surface area (Å²) in [5, 5.41) is 7.88. The second-order valence-corrected chi connectivity index (χ2v) is 12.0. The highest BCUT2D eigenvalue weighted by atomic mass is 32.2. The number of nitrogens with one attached hydrogen (secondary N) is 3. The minimum absolute atomic E-state index is 0.0266. The van der Waals surface area contributed by atoms with Crippen LogP contribution in [0.3, 0.4) is 0 Å². The van der Waals surface area contributed by atoms with Crippen molar-refractivity contribution in [1.29, 1.82) is 0 Å². The normalized spacial score (nSPS) is 10.6. The van der Waals surface area contributed by atoms with Gasteiger partial charge in [-0.05, 0) is 49.7 Å². The van der Waals surface area contributed by atoms with Gasteiger partial charge in [0.2, 0.25) is 5.91 Å². The topological polar surface area (TPSA) is 268 Å². The molecule has 1 heterocycles. The molecular weight excluding hydrogens is 667 g/mol. The third-order valence-electron chi connectivity index (χ3n) is 6.03. The van der Waals surface area contributed by atoms with E-state index in [9.17, 15) is 23.2 Å². The zero-order valence-electron chi connectivity index (χ0n) is 25.7. The molecule has 0 fully saturated rings. The summed E-state index contributed by atoms with van der Waals surface area (Å²) in [6, 6.07) is 7.21. The maximum absolute atomic E-state index is 14.8. The number of hydrogen-bond acceptors (Lipinski definition) is 10. The van der Waals surface area contributed by atoms with E-state index < -0.39 is 23.4 Å². The summed E-state index contributed by atoms with van der Waals surface area (Å²) >= 11 is 2.45. The first kappa shape index (κ1) is 37.4. The summed E-state index contributed by atoms with van der Waals surface area (Å²) < 4.78 is 28.8. The number of aliphatic imine (C=N–C) groups is 2. The van der Waals surface area contributed by atoms with Crippen LogP contribution >= 0.6 is 23.5 Å². The van der Waals surface area contributed by atoms with Crippen molar-refractivity contribution in [2.45, 2.75) is 29.1 Å². The van der Waals surface area contributed by atoms with Crippen molar-refractivity contribution in [2.75, 3.05) is 47.1 Å². The molecule has 15 nitrogen and oxygen atoms in total. The Morgan fingerprint density at radius 1 is 0.729 bits per heavy atom. The number of carbonyl (C=O) groups excluding carboxylic acids is 3.